The van der Waals surface area contributed by atoms with Gasteiger partial charge in [0.2, 0.25) is 0 Å². The molecule has 1 heterocycles. The van der Waals surface area contributed by atoms with E-state index in [1.54, 1.807) is 23.5 Å². The standard InChI is InChI=1S/C12H12Cl2N2S/c1-2-12-16-9(7-17-12)6-15-11-5-8(13)3-4-10(11)14/h3-5,7,15H,2,6H2,1H3. The second-order valence-electron chi connectivity index (χ2n) is 3.56. The van der Waals surface area contributed by atoms with Gasteiger partial charge in [-0.25, -0.2) is 4.98 Å². The van der Waals surface area contributed by atoms with Crippen LogP contribution in [-0.2, 0) is 13.0 Å². The quantitative estimate of drug-likeness (QED) is 0.887. The van der Waals surface area contributed by atoms with Crippen molar-refractivity contribution in [1.29, 1.82) is 0 Å². The third-order valence-electron chi connectivity index (χ3n) is 2.29. The first-order valence-electron chi connectivity index (χ1n) is 5.31. The van der Waals surface area contributed by atoms with E-state index in [1.807, 2.05) is 6.07 Å². The number of halogens is 2. The third-order valence-corrected chi connectivity index (χ3v) is 3.90. The molecule has 0 amide bonds. The molecule has 0 atom stereocenters. The predicted octanol–water partition coefficient (Wildman–Crippen LogP) is 4.62. The Kier molecular flexibility index (Phi) is 4.26. The summed E-state index contributed by atoms with van der Waals surface area (Å²) in [6.07, 6.45) is 0.975. The monoisotopic (exact) mass is 286 g/mol. The molecule has 0 saturated carbocycles. The zero-order valence-electron chi connectivity index (χ0n) is 9.34. The van der Waals surface area contributed by atoms with Gasteiger partial charge in [-0.2, -0.15) is 0 Å². The van der Waals surface area contributed by atoms with Gasteiger partial charge < -0.3 is 5.32 Å². The summed E-state index contributed by atoms with van der Waals surface area (Å²) >= 11 is 13.7. The van der Waals surface area contributed by atoms with Gasteiger partial charge in [0.25, 0.3) is 0 Å². The van der Waals surface area contributed by atoms with Crippen LogP contribution in [0.25, 0.3) is 0 Å². The third kappa shape index (κ3) is 3.35. The highest BCUT2D eigenvalue weighted by molar-refractivity contribution is 7.09. The van der Waals surface area contributed by atoms with E-state index in [4.69, 9.17) is 23.2 Å². The number of benzene rings is 1. The number of aromatic nitrogens is 1. The number of nitrogens with zero attached hydrogens (tertiary/aromatic N) is 1. The summed E-state index contributed by atoms with van der Waals surface area (Å²) < 4.78 is 0. The fourth-order valence-corrected chi connectivity index (χ4v) is 2.51. The van der Waals surface area contributed by atoms with E-state index >= 15 is 0 Å². The van der Waals surface area contributed by atoms with Crippen LogP contribution in [0.3, 0.4) is 0 Å². The second-order valence-corrected chi connectivity index (χ2v) is 5.35. The Labute approximate surface area is 115 Å². The van der Waals surface area contributed by atoms with Crippen molar-refractivity contribution in [3.63, 3.8) is 0 Å². The predicted molar refractivity (Wildman–Crippen MR) is 75.3 cm³/mol. The lowest BCUT2D eigenvalue weighted by atomic mass is 10.3. The summed E-state index contributed by atoms with van der Waals surface area (Å²) in [5.74, 6) is 0. The largest absolute Gasteiger partial charge is 0.378 e. The van der Waals surface area contributed by atoms with E-state index in [2.05, 4.69) is 22.6 Å². The minimum absolute atomic E-state index is 0.663. The Bertz CT molecular complexity index is 511. The van der Waals surface area contributed by atoms with Gasteiger partial charge in [-0.15, -0.1) is 11.3 Å². The van der Waals surface area contributed by atoms with E-state index in [0.717, 1.165) is 22.8 Å². The molecule has 0 bridgehead atoms. The number of anilines is 1. The lowest BCUT2D eigenvalue weighted by Crippen LogP contribution is -2.00. The first-order valence-corrected chi connectivity index (χ1v) is 6.95. The first kappa shape index (κ1) is 12.7. The summed E-state index contributed by atoms with van der Waals surface area (Å²) in [6.45, 7) is 2.76. The molecule has 1 aromatic carbocycles. The topological polar surface area (TPSA) is 24.9 Å². The highest BCUT2D eigenvalue weighted by Crippen LogP contribution is 2.26. The van der Waals surface area contributed by atoms with Crippen LogP contribution in [0.5, 0.6) is 0 Å². The average Bonchev–Trinajstić information content (AvgIpc) is 2.78. The maximum absolute atomic E-state index is 6.06. The molecule has 90 valence electrons. The summed E-state index contributed by atoms with van der Waals surface area (Å²) in [7, 11) is 0. The molecular formula is C12H12Cl2N2S. The maximum Gasteiger partial charge on any atom is 0.0926 e. The minimum atomic E-state index is 0.663. The van der Waals surface area contributed by atoms with Gasteiger partial charge in [-0.1, -0.05) is 30.1 Å². The van der Waals surface area contributed by atoms with Crippen molar-refractivity contribution >= 4 is 40.2 Å². The molecule has 0 radical (unpaired) electrons. The molecule has 0 aliphatic heterocycles. The van der Waals surface area contributed by atoms with Crippen molar-refractivity contribution in [2.45, 2.75) is 19.9 Å². The van der Waals surface area contributed by atoms with E-state index in [0.29, 0.717) is 16.6 Å². The van der Waals surface area contributed by atoms with Crippen LogP contribution >= 0.6 is 34.5 Å². The molecule has 0 saturated heterocycles. The van der Waals surface area contributed by atoms with Crippen molar-refractivity contribution in [2.24, 2.45) is 0 Å². The number of nitrogens with one attached hydrogen (secondary N) is 1. The number of hydrogen-bond donors (Lipinski definition) is 1. The van der Waals surface area contributed by atoms with E-state index < -0.39 is 0 Å². The van der Waals surface area contributed by atoms with Crippen molar-refractivity contribution < 1.29 is 0 Å². The van der Waals surface area contributed by atoms with Crippen LogP contribution < -0.4 is 5.32 Å². The Hall–Kier alpha value is -0.770. The fraction of sp³-hybridized carbons (Fsp3) is 0.250. The van der Waals surface area contributed by atoms with Gasteiger partial charge in [0, 0.05) is 10.4 Å². The molecule has 0 fully saturated rings. The molecule has 0 aliphatic rings. The van der Waals surface area contributed by atoms with Crippen molar-refractivity contribution in [2.75, 3.05) is 5.32 Å². The Morgan fingerprint density at radius 1 is 1.35 bits per heavy atom. The zero-order chi connectivity index (χ0) is 12.3. The second kappa shape index (κ2) is 5.71. The maximum atomic E-state index is 6.06. The molecule has 17 heavy (non-hydrogen) atoms. The summed E-state index contributed by atoms with van der Waals surface area (Å²) in [6, 6.07) is 5.37. The Morgan fingerprint density at radius 3 is 2.88 bits per heavy atom. The smallest absolute Gasteiger partial charge is 0.0926 e. The van der Waals surface area contributed by atoms with Crippen molar-refractivity contribution in [3.8, 4) is 0 Å². The molecule has 5 heteroatoms. The summed E-state index contributed by atoms with van der Waals surface area (Å²) in [4.78, 5) is 4.48. The minimum Gasteiger partial charge on any atom is -0.378 e. The first-order chi connectivity index (χ1) is 8.19. The van der Waals surface area contributed by atoms with E-state index in [1.165, 1.54) is 0 Å². The van der Waals surface area contributed by atoms with Gasteiger partial charge >= 0.3 is 0 Å². The molecule has 0 aliphatic carbocycles. The van der Waals surface area contributed by atoms with Crippen LogP contribution in [0, 0.1) is 0 Å². The van der Waals surface area contributed by atoms with Gasteiger partial charge in [-0.05, 0) is 24.6 Å². The number of thiazole rings is 1. The van der Waals surface area contributed by atoms with Gasteiger partial charge in [0.15, 0.2) is 0 Å². The van der Waals surface area contributed by atoms with Crippen LogP contribution in [0.15, 0.2) is 23.6 Å². The number of rotatable bonds is 4. The normalized spacial score (nSPS) is 10.5. The van der Waals surface area contributed by atoms with Crippen LogP contribution in [0.1, 0.15) is 17.6 Å². The SMILES string of the molecule is CCc1nc(CNc2cc(Cl)ccc2Cl)cs1. The Balaban J connectivity index is 2.04. The molecule has 1 aromatic heterocycles. The number of aryl methyl sites for hydroxylation is 1. The van der Waals surface area contributed by atoms with E-state index in [-0.39, 0.29) is 0 Å². The summed E-state index contributed by atoms with van der Waals surface area (Å²) in [5, 5.41) is 7.78. The molecule has 0 unspecified atom stereocenters. The molecule has 0 spiro atoms. The average molecular weight is 287 g/mol. The highest BCUT2D eigenvalue weighted by Gasteiger charge is 2.03. The van der Waals surface area contributed by atoms with Crippen molar-refractivity contribution in [1.82, 2.24) is 4.98 Å². The van der Waals surface area contributed by atoms with Gasteiger partial charge in [-0.3, -0.25) is 0 Å². The number of hydrogen-bond acceptors (Lipinski definition) is 3. The van der Waals surface area contributed by atoms with Crippen LogP contribution in [0.2, 0.25) is 10.0 Å². The van der Waals surface area contributed by atoms with E-state index in [9.17, 15) is 0 Å². The molecule has 1 N–H and O–H groups in total. The lowest BCUT2D eigenvalue weighted by Gasteiger charge is -2.07. The van der Waals surface area contributed by atoms with Gasteiger partial charge in [0.05, 0.1) is 28.0 Å². The fourth-order valence-electron chi connectivity index (χ4n) is 1.41. The van der Waals surface area contributed by atoms with Crippen molar-refractivity contribution in [3.05, 3.63) is 44.3 Å². The molecule has 2 rings (SSSR count). The molecule has 2 nitrogen and oxygen atoms in total. The van der Waals surface area contributed by atoms with Gasteiger partial charge in [0.1, 0.15) is 0 Å². The highest BCUT2D eigenvalue weighted by atomic mass is 35.5. The zero-order valence-corrected chi connectivity index (χ0v) is 11.7. The molecule has 2 aromatic rings. The molecular weight excluding hydrogens is 275 g/mol. The van der Waals surface area contributed by atoms with Crippen LogP contribution in [-0.4, -0.2) is 4.98 Å². The summed E-state index contributed by atoms with van der Waals surface area (Å²) in [5.41, 5.74) is 1.87. The van der Waals surface area contributed by atoms with Crippen LogP contribution in [0.4, 0.5) is 5.69 Å². The lowest BCUT2D eigenvalue weighted by molar-refractivity contribution is 1.01. The Morgan fingerprint density at radius 2 is 2.18 bits per heavy atom.